The largest absolute Gasteiger partial charge is 0.474 e. The Morgan fingerprint density at radius 2 is 2.06 bits per heavy atom. The quantitative estimate of drug-likeness (QED) is 0.470. The number of fused-ring (bicyclic) bond motifs is 2. The second kappa shape index (κ2) is 8.62. The molecule has 1 aromatic carbocycles. The number of hydrogen-bond acceptors (Lipinski definition) is 9. The van der Waals surface area contributed by atoms with Crippen molar-refractivity contribution in [1.82, 2.24) is 29.7 Å². The van der Waals surface area contributed by atoms with Gasteiger partial charge in [0, 0.05) is 30.5 Å². The summed E-state index contributed by atoms with van der Waals surface area (Å²) < 4.78 is 7.48. The molecule has 0 saturated heterocycles. The average molecular weight is 456 g/mol. The number of ether oxygens (including phenoxy) is 1. The van der Waals surface area contributed by atoms with Crippen LogP contribution in [0.1, 0.15) is 22.4 Å². The van der Waals surface area contributed by atoms with Crippen LogP contribution in [0.4, 0.5) is 23.0 Å². The van der Waals surface area contributed by atoms with Crippen molar-refractivity contribution in [2.75, 3.05) is 35.2 Å². The third-order valence-electron chi connectivity index (χ3n) is 6.23. The molecule has 2 aliphatic rings. The zero-order chi connectivity index (χ0) is 22.9. The van der Waals surface area contributed by atoms with Gasteiger partial charge in [0.15, 0.2) is 0 Å². The highest BCUT2D eigenvalue weighted by Gasteiger charge is 2.24. The second-order valence-electron chi connectivity index (χ2n) is 8.48. The van der Waals surface area contributed by atoms with Crippen LogP contribution in [0.3, 0.4) is 0 Å². The lowest BCUT2D eigenvalue weighted by atomic mass is 10.0. The second-order valence-corrected chi connectivity index (χ2v) is 8.48. The topological polar surface area (TPSA) is 106 Å². The third-order valence-corrected chi connectivity index (χ3v) is 6.23. The molecule has 5 heterocycles. The highest BCUT2D eigenvalue weighted by Crippen LogP contribution is 2.36. The standard InChI is InChI=1S/C24H25N9O/c1-16-21(11-27-23-22(16)26-7-9-34-23)32-8-6-18-10-28-24(31-20(18)13-32)30-19-4-2-17(3-5-19)12-33-15-25-14-29-33/h2-5,10-11,14-15,26H,6-9,12-13H2,1H3,(H,28,30,31). The Balaban J connectivity index is 1.18. The van der Waals surface area contributed by atoms with Gasteiger partial charge >= 0.3 is 0 Å². The van der Waals surface area contributed by atoms with Crippen LogP contribution in [0, 0.1) is 6.92 Å². The molecule has 6 rings (SSSR count). The average Bonchev–Trinajstić information content (AvgIpc) is 3.38. The van der Waals surface area contributed by atoms with Crippen LogP contribution in [0.5, 0.6) is 5.88 Å². The maximum Gasteiger partial charge on any atom is 0.237 e. The molecule has 2 aliphatic heterocycles. The molecule has 0 atom stereocenters. The summed E-state index contributed by atoms with van der Waals surface area (Å²) in [5, 5.41) is 10.9. The number of rotatable bonds is 5. The van der Waals surface area contributed by atoms with Gasteiger partial charge in [0.1, 0.15) is 24.9 Å². The number of anilines is 4. The van der Waals surface area contributed by atoms with E-state index in [1.165, 1.54) is 5.56 Å². The number of aromatic nitrogens is 6. The molecule has 0 aliphatic carbocycles. The van der Waals surface area contributed by atoms with Crippen molar-refractivity contribution < 1.29 is 4.74 Å². The molecular weight excluding hydrogens is 430 g/mol. The van der Waals surface area contributed by atoms with Crippen molar-refractivity contribution in [1.29, 1.82) is 0 Å². The smallest absolute Gasteiger partial charge is 0.237 e. The van der Waals surface area contributed by atoms with E-state index in [-0.39, 0.29) is 0 Å². The number of hydrogen-bond donors (Lipinski definition) is 2. The van der Waals surface area contributed by atoms with E-state index in [1.54, 1.807) is 17.3 Å². The van der Waals surface area contributed by atoms with Gasteiger partial charge in [0.2, 0.25) is 11.8 Å². The van der Waals surface area contributed by atoms with Crippen LogP contribution >= 0.6 is 0 Å². The van der Waals surface area contributed by atoms with Crippen molar-refractivity contribution in [3.05, 3.63) is 71.7 Å². The van der Waals surface area contributed by atoms with Gasteiger partial charge in [-0.3, -0.25) is 0 Å². The Bertz CT molecular complexity index is 1310. The summed E-state index contributed by atoms with van der Waals surface area (Å²) in [6.07, 6.45) is 8.00. The van der Waals surface area contributed by atoms with Crippen LogP contribution in [0.15, 0.2) is 49.3 Å². The molecule has 10 heteroatoms. The molecule has 10 nitrogen and oxygen atoms in total. The first kappa shape index (κ1) is 20.4. The Morgan fingerprint density at radius 1 is 1.15 bits per heavy atom. The first-order valence-corrected chi connectivity index (χ1v) is 11.4. The van der Waals surface area contributed by atoms with E-state index in [0.717, 1.165) is 53.4 Å². The van der Waals surface area contributed by atoms with Gasteiger partial charge in [-0.1, -0.05) is 12.1 Å². The van der Waals surface area contributed by atoms with Crippen molar-refractivity contribution in [2.24, 2.45) is 0 Å². The van der Waals surface area contributed by atoms with Gasteiger partial charge in [-0.2, -0.15) is 5.10 Å². The fourth-order valence-electron chi connectivity index (χ4n) is 4.42. The Kier molecular flexibility index (Phi) is 5.17. The minimum absolute atomic E-state index is 0.597. The zero-order valence-corrected chi connectivity index (χ0v) is 18.9. The van der Waals surface area contributed by atoms with E-state index in [9.17, 15) is 0 Å². The maximum absolute atomic E-state index is 5.68. The molecule has 172 valence electrons. The first-order valence-electron chi connectivity index (χ1n) is 11.4. The summed E-state index contributed by atoms with van der Waals surface area (Å²) in [6, 6.07) is 8.18. The molecule has 0 saturated carbocycles. The molecular formula is C24H25N9O. The predicted molar refractivity (Wildman–Crippen MR) is 129 cm³/mol. The predicted octanol–water partition coefficient (Wildman–Crippen LogP) is 2.93. The molecule has 0 fully saturated rings. The summed E-state index contributed by atoms with van der Waals surface area (Å²) in [7, 11) is 0. The molecule has 0 spiro atoms. The summed E-state index contributed by atoms with van der Waals surface area (Å²) >= 11 is 0. The first-order chi connectivity index (χ1) is 16.7. The minimum atomic E-state index is 0.597. The summed E-state index contributed by atoms with van der Waals surface area (Å²) in [6.45, 7) is 5.86. The number of benzene rings is 1. The van der Waals surface area contributed by atoms with Crippen LogP contribution in [-0.2, 0) is 19.5 Å². The number of nitrogens with one attached hydrogen (secondary N) is 2. The molecule has 2 N–H and O–H groups in total. The fourth-order valence-corrected chi connectivity index (χ4v) is 4.42. The van der Waals surface area contributed by atoms with E-state index < -0.39 is 0 Å². The van der Waals surface area contributed by atoms with Gasteiger partial charge in [0.25, 0.3) is 0 Å². The van der Waals surface area contributed by atoms with E-state index in [2.05, 4.69) is 54.6 Å². The number of pyridine rings is 1. The van der Waals surface area contributed by atoms with Gasteiger partial charge in [-0.05, 0) is 36.6 Å². The number of nitrogens with zero attached hydrogens (tertiary/aromatic N) is 7. The highest BCUT2D eigenvalue weighted by atomic mass is 16.5. The van der Waals surface area contributed by atoms with Crippen LogP contribution in [-0.4, -0.2) is 49.4 Å². The summed E-state index contributed by atoms with van der Waals surface area (Å²) in [4.78, 5) is 20.2. The zero-order valence-electron chi connectivity index (χ0n) is 18.9. The minimum Gasteiger partial charge on any atom is -0.474 e. The maximum atomic E-state index is 5.68. The molecule has 3 aromatic heterocycles. The van der Waals surface area contributed by atoms with E-state index in [1.807, 2.05) is 24.5 Å². The Morgan fingerprint density at radius 3 is 2.91 bits per heavy atom. The third kappa shape index (κ3) is 3.98. The van der Waals surface area contributed by atoms with Gasteiger partial charge < -0.3 is 20.3 Å². The Hall–Kier alpha value is -4.21. The lowest BCUT2D eigenvalue weighted by Crippen LogP contribution is -2.32. The van der Waals surface area contributed by atoms with Crippen LogP contribution in [0.2, 0.25) is 0 Å². The SMILES string of the molecule is Cc1c(N2CCc3cnc(Nc4ccc(Cn5cncn5)cc4)nc3C2)cnc2c1NCCO2. The van der Waals surface area contributed by atoms with Crippen molar-refractivity contribution in [3.8, 4) is 5.88 Å². The van der Waals surface area contributed by atoms with Crippen LogP contribution < -0.4 is 20.3 Å². The Labute approximate surface area is 197 Å². The van der Waals surface area contributed by atoms with E-state index in [0.29, 0.717) is 31.5 Å². The van der Waals surface area contributed by atoms with E-state index >= 15 is 0 Å². The lowest BCUT2D eigenvalue weighted by molar-refractivity contribution is 0.310. The van der Waals surface area contributed by atoms with Gasteiger partial charge in [-0.25, -0.2) is 24.6 Å². The van der Waals surface area contributed by atoms with Gasteiger partial charge in [-0.15, -0.1) is 0 Å². The summed E-state index contributed by atoms with van der Waals surface area (Å²) in [5.41, 5.74) is 7.57. The molecule has 0 unspecified atom stereocenters. The summed E-state index contributed by atoms with van der Waals surface area (Å²) in [5.74, 6) is 1.28. The monoisotopic (exact) mass is 455 g/mol. The van der Waals surface area contributed by atoms with Crippen molar-refractivity contribution in [2.45, 2.75) is 26.4 Å². The van der Waals surface area contributed by atoms with Crippen molar-refractivity contribution >= 4 is 23.0 Å². The molecule has 34 heavy (non-hydrogen) atoms. The van der Waals surface area contributed by atoms with E-state index in [4.69, 9.17) is 9.72 Å². The van der Waals surface area contributed by atoms with Crippen molar-refractivity contribution in [3.63, 3.8) is 0 Å². The highest BCUT2D eigenvalue weighted by molar-refractivity contribution is 5.70. The normalized spacial score (nSPS) is 14.6. The van der Waals surface area contributed by atoms with Gasteiger partial charge in [0.05, 0.1) is 30.7 Å². The lowest BCUT2D eigenvalue weighted by Gasteiger charge is -2.32. The fraction of sp³-hybridized carbons (Fsp3) is 0.292. The molecule has 0 bridgehead atoms. The molecule has 4 aromatic rings. The molecule has 0 radical (unpaired) electrons. The molecule has 0 amide bonds. The van der Waals surface area contributed by atoms with Crippen LogP contribution in [0.25, 0.3) is 0 Å².